The summed E-state index contributed by atoms with van der Waals surface area (Å²) in [6.07, 6.45) is -3.65. The van der Waals surface area contributed by atoms with Gasteiger partial charge in [0, 0.05) is 33.8 Å². The van der Waals surface area contributed by atoms with Crippen molar-refractivity contribution in [2.24, 2.45) is 0 Å². The van der Waals surface area contributed by atoms with Gasteiger partial charge in [-0.05, 0) is 23.8 Å². The van der Waals surface area contributed by atoms with Crippen molar-refractivity contribution in [3.63, 3.8) is 0 Å². The maximum atomic E-state index is 11.9. The van der Waals surface area contributed by atoms with E-state index < -0.39 is 60.6 Å². The molecule has 12 heteroatoms. The highest BCUT2D eigenvalue weighted by Gasteiger charge is 2.53. The first-order valence-electron chi connectivity index (χ1n) is 10.8. The van der Waals surface area contributed by atoms with Crippen LogP contribution in [-0.2, 0) is 52.4 Å². The molecule has 2 rings (SSSR count). The molecule has 1 aliphatic rings. The molecule has 0 radical (unpaired) electrons. The summed E-state index contributed by atoms with van der Waals surface area (Å²) >= 11 is 0. The van der Waals surface area contributed by atoms with E-state index in [0.29, 0.717) is 5.56 Å². The third kappa shape index (κ3) is 8.69. The molecule has 0 spiro atoms. The molecular formula is C24H28O12. The maximum Gasteiger partial charge on any atom is 0.330 e. The summed E-state index contributed by atoms with van der Waals surface area (Å²) in [5.74, 6) is -3.09. The predicted molar refractivity (Wildman–Crippen MR) is 120 cm³/mol. The van der Waals surface area contributed by atoms with Crippen molar-refractivity contribution in [3.05, 3.63) is 35.9 Å². The van der Waals surface area contributed by atoms with Crippen molar-refractivity contribution in [1.82, 2.24) is 0 Å². The first-order chi connectivity index (χ1) is 17.0. The Morgan fingerprint density at radius 3 is 1.89 bits per heavy atom. The molecule has 12 nitrogen and oxygen atoms in total. The first-order valence-corrected chi connectivity index (χ1v) is 10.8. The molecule has 1 fully saturated rings. The zero-order valence-electron chi connectivity index (χ0n) is 20.5. The molecule has 1 aromatic rings. The first kappa shape index (κ1) is 28.3. The number of methoxy groups -OCH3 is 1. The molecule has 0 N–H and O–H groups in total. The minimum Gasteiger partial charge on any atom is -0.466 e. The van der Waals surface area contributed by atoms with Gasteiger partial charge in [0.1, 0.15) is 18.5 Å². The molecule has 1 aromatic carbocycles. The van der Waals surface area contributed by atoms with Crippen LogP contribution in [0, 0.1) is 0 Å². The van der Waals surface area contributed by atoms with E-state index in [-0.39, 0.29) is 12.4 Å². The Morgan fingerprint density at radius 1 is 0.806 bits per heavy atom. The normalized spacial score (nSPS) is 23.3. The highest BCUT2D eigenvalue weighted by atomic mass is 16.7. The molecule has 36 heavy (non-hydrogen) atoms. The summed E-state index contributed by atoms with van der Waals surface area (Å²) < 4.78 is 37.4. The average Bonchev–Trinajstić information content (AvgIpc) is 2.80. The van der Waals surface area contributed by atoms with Crippen LogP contribution in [0.1, 0.15) is 33.3 Å². The lowest BCUT2D eigenvalue weighted by Gasteiger charge is -2.43. The summed E-state index contributed by atoms with van der Waals surface area (Å²) in [6, 6.07) is 6.40. The van der Waals surface area contributed by atoms with Gasteiger partial charge in [-0.1, -0.05) is 12.1 Å². The number of hydrogen-bond acceptors (Lipinski definition) is 12. The highest BCUT2D eigenvalue weighted by molar-refractivity contribution is 5.86. The number of esters is 5. The van der Waals surface area contributed by atoms with E-state index in [1.807, 2.05) is 0 Å². The minimum absolute atomic E-state index is 0.270. The van der Waals surface area contributed by atoms with E-state index in [2.05, 4.69) is 4.74 Å². The molecule has 196 valence electrons. The molecule has 0 aliphatic carbocycles. The van der Waals surface area contributed by atoms with Gasteiger partial charge >= 0.3 is 29.8 Å². The number of ether oxygens (including phenoxy) is 7. The molecular weight excluding hydrogens is 480 g/mol. The fraction of sp³-hybridized carbons (Fsp3) is 0.458. The average molecular weight is 508 g/mol. The van der Waals surface area contributed by atoms with E-state index in [0.717, 1.165) is 20.8 Å². The lowest BCUT2D eigenvalue weighted by molar-refractivity contribution is -0.288. The zero-order chi connectivity index (χ0) is 26.8. The zero-order valence-corrected chi connectivity index (χ0v) is 20.5. The Hall–Kier alpha value is -3.93. The molecule has 0 unspecified atom stereocenters. The predicted octanol–water partition coefficient (Wildman–Crippen LogP) is 1.33. The van der Waals surface area contributed by atoms with Gasteiger partial charge in [-0.3, -0.25) is 19.2 Å². The Labute approximate surface area is 207 Å². The van der Waals surface area contributed by atoms with Crippen molar-refractivity contribution < 1.29 is 57.1 Å². The second-order valence-corrected chi connectivity index (χ2v) is 7.61. The number of carbonyl (C=O) groups is 5. The molecule has 1 saturated heterocycles. The van der Waals surface area contributed by atoms with Gasteiger partial charge in [0.05, 0.1) is 7.11 Å². The summed E-state index contributed by atoms with van der Waals surface area (Å²) in [7, 11) is 1.26. The fourth-order valence-electron chi connectivity index (χ4n) is 3.31. The Morgan fingerprint density at radius 2 is 1.36 bits per heavy atom. The van der Waals surface area contributed by atoms with E-state index in [9.17, 15) is 24.0 Å². The number of benzene rings is 1. The summed E-state index contributed by atoms with van der Waals surface area (Å²) in [5.41, 5.74) is 0.661. The Kier molecular flexibility index (Phi) is 10.4. The van der Waals surface area contributed by atoms with Crippen molar-refractivity contribution >= 4 is 35.9 Å². The van der Waals surface area contributed by atoms with Crippen molar-refractivity contribution in [3.8, 4) is 5.75 Å². The lowest BCUT2D eigenvalue weighted by Crippen LogP contribution is -2.63. The van der Waals surface area contributed by atoms with Gasteiger partial charge in [0.15, 0.2) is 12.2 Å². The van der Waals surface area contributed by atoms with Crippen LogP contribution in [0.25, 0.3) is 6.08 Å². The van der Waals surface area contributed by atoms with Gasteiger partial charge in [-0.2, -0.15) is 0 Å². The van der Waals surface area contributed by atoms with Gasteiger partial charge < -0.3 is 33.2 Å². The summed E-state index contributed by atoms with van der Waals surface area (Å²) in [5, 5.41) is 0. The molecule has 1 heterocycles. The van der Waals surface area contributed by atoms with Gasteiger partial charge in [-0.25, -0.2) is 4.79 Å². The molecule has 0 aromatic heterocycles. The minimum atomic E-state index is -1.35. The van der Waals surface area contributed by atoms with Gasteiger partial charge in [0.25, 0.3) is 0 Å². The molecule has 1 aliphatic heterocycles. The van der Waals surface area contributed by atoms with Crippen LogP contribution in [0.5, 0.6) is 5.75 Å². The monoisotopic (exact) mass is 508 g/mol. The smallest absolute Gasteiger partial charge is 0.330 e. The molecule has 0 bridgehead atoms. The second kappa shape index (κ2) is 13.2. The van der Waals surface area contributed by atoms with Crippen LogP contribution in [-0.4, -0.2) is 74.3 Å². The molecule has 5 atom stereocenters. The number of carbonyl (C=O) groups excluding carboxylic acids is 5. The third-order valence-corrected chi connectivity index (χ3v) is 4.69. The van der Waals surface area contributed by atoms with E-state index >= 15 is 0 Å². The van der Waals surface area contributed by atoms with Crippen LogP contribution in [0.4, 0.5) is 0 Å². The summed E-state index contributed by atoms with van der Waals surface area (Å²) in [6.45, 7) is 4.21. The van der Waals surface area contributed by atoms with E-state index in [4.69, 9.17) is 28.4 Å². The Bertz CT molecular complexity index is 983. The van der Waals surface area contributed by atoms with Crippen molar-refractivity contribution in [1.29, 1.82) is 0 Å². The van der Waals surface area contributed by atoms with Crippen LogP contribution < -0.4 is 4.74 Å². The van der Waals surface area contributed by atoms with E-state index in [1.165, 1.54) is 26.2 Å². The van der Waals surface area contributed by atoms with Crippen LogP contribution in [0.3, 0.4) is 0 Å². The van der Waals surface area contributed by atoms with Gasteiger partial charge in [-0.15, -0.1) is 0 Å². The topological polar surface area (TPSA) is 150 Å². The van der Waals surface area contributed by atoms with E-state index in [1.54, 1.807) is 24.3 Å². The largest absolute Gasteiger partial charge is 0.466 e. The lowest BCUT2D eigenvalue weighted by atomic mass is 9.98. The Balaban J connectivity index is 2.38. The maximum absolute atomic E-state index is 11.9. The van der Waals surface area contributed by atoms with Crippen molar-refractivity contribution in [2.45, 2.75) is 58.4 Å². The van der Waals surface area contributed by atoms with Crippen LogP contribution in [0.2, 0.25) is 0 Å². The standard InChI is InChI=1S/C24H28O12/c1-13(25)31-12-19-21(32-14(2)26)22(33-15(3)27)23(34-16(4)28)24(36-19)35-18-9-6-17(7-10-18)8-11-20(29)30-5/h6-11,19,21-24H,12H2,1-5H3/b11-8-/t19-,21-,22+,23-,24-/m1/s1. The quantitative estimate of drug-likeness (QED) is 0.269. The van der Waals surface area contributed by atoms with Crippen LogP contribution in [0.15, 0.2) is 30.3 Å². The molecule has 0 amide bonds. The fourth-order valence-corrected chi connectivity index (χ4v) is 3.31. The SMILES string of the molecule is COC(=O)/C=C\c1ccc(O[C@@H]2O[C@H](COC(C)=O)[C@@H](OC(C)=O)[C@H](OC(C)=O)[C@H]2OC(C)=O)cc1. The highest BCUT2D eigenvalue weighted by Crippen LogP contribution is 2.31. The van der Waals surface area contributed by atoms with Crippen LogP contribution >= 0.6 is 0 Å². The molecule has 0 saturated carbocycles. The second-order valence-electron chi connectivity index (χ2n) is 7.61. The summed E-state index contributed by atoms with van der Waals surface area (Å²) in [4.78, 5) is 58.2. The van der Waals surface area contributed by atoms with Crippen molar-refractivity contribution in [2.75, 3.05) is 13.7 Å². The number of hydrogen-bond donors (Lipinski definition) is 0. The number of rotatable bonds is 9. The van der Waals surface area contributed by atoms with Gasteiger partial charge in [0.2, 0.25) is 12.4 Å². The third-order valence-electron chi connectivity index (χ3n) is 4.69.